The van der Waals surface area contributed by atoms with E-state index in [0.717, 1.165) is 0 Å². The molecule has 0 saturated heterocycles. The van der Waals surface area contributed by atoms with E-state index in [1.54, 1.807) is 19.9 Å². The molecule has 18 heavy (non-hydrogen) atoms. The van der Waals surface area contributed by atoms with Crippen molar-refractivity contribution >= 4 is 33.2 Å². The van der Waals surface area contributed by atoms with Crippen LogP contribution in [-0.2, 0) is 10.0 Å². The third kappa shape index (κ3) is 3.59. The predicted molar refractivity (Wildman–Crippen MR) is 72.5 cm³/mol. The quantitative estimate of drug-likeness (QED) is 0.876. The first-order chi connectivity index (χ1) is 8.29. The molecule has 0 aliphatic rings. The highest BCUT2D eigenvalue weighted by atomic mass is 35.5. The molecule has 1 aromatic carbocycles. The summed E-state index contributed by atoms with van der Waals surface area (Å²) in [5.74, 6) is -0.0500. The van der Waals surface area contributed by atoms with Gasteiger partial charge in [0.05, 0.1) is 16.7 Å². The van der Waals surface area contributed by atoms with Gasteiger partial charge < -0.3 is 5.11 Å². The normalized spacial score (nSPS) is 13.9. The van der Waals surface area contributed by atoms with Gasteiger partial charge in [-0.2, -0.15) is 0 Å². The largest absolute Gasteiger partial charge is 0.395 e. The third-order valence-corrected chi connectivity index (χ3v) is 4.94. The van der Waals surface area contributed by atoms with Crippen LogP contribution in [0.4, 0.5) is 0 Å². The highest BCUT2D eigenvalue weighted by Crippen LogP contribution is 2.29. The molecule has 0 aromatic heterocycles. The predicted octanol–water partition coefficient (Wildman–Crippen LogP) is 2.29. The SMILES string of the molecule is CC(C)C(CO)NS(=O)(=O)c1c(Cl)cccc1Cl. The van der Waals surface area contributed by atoms with Gasteiger partial charge in [-0.3, -0.25) is 0 Å². The van der Waals surface area contributed by atoms with Crippen LogP contribution >= 0.6 is 23.2 Å². The molecule has 4 nitrogen and oxygen atoms in total. The van der Waals surface area contributed by atoms with Crippen LogP contribution in [0.2, 0.25) is 10.0 Å². The Bertz CT molecular complexity index is 497. The maximum Gasteiger partial charge on any atom is 0.243 e. The van der Waals surface area contributed by atoms with Crippen molar-refractivity contribution in [1.29, 1.82) is 0 Å². The fourth-order valence-corrected chi connectivity index (χ4v) is 3.90. The van der Waals surface area contributed by atoms with E-state index in [4.69, 9.17) is 28.3 Å². The Labute approximate surface area is 117 Å². The summed E-state index contributed by atoms with van der Waals surface area (Å²) in [6.45, 7) is 3.31. The third-order valence-electron chi connectivity index (χ3n) is 2.50. The maximum absolute atomic E-state index is 12.2. The van der Waals surface area contributed by atoms with E-state index < -0.39 is 16.1 Å². The number of benzene rings is 1. The summed E-state index contributed by atoms with van der Waals surface area (Å²) >= 11 is 11.7. The first kappa shape index (κ1) is 15.7. The lowest BCUT2D eigenvalue weighted by Crippen LogP contribution is -2.41. The second-order valence-corrected chi connectivity index (χ2v) is 6.67. The minimum Gasteiger partial charge on any atom is -0.395 e. The zero-order valence-electron chi connectivity index (χ0n) is 10.0. The average Bonchev–Trinajstić information content (AvgIpc) is 2.25. The standard InChI is InChI=1S/C11H15Cl2NO3S/c1-7(2)10(6-15)14-18(16,17)11-8(12)4-3-5-9(11)13/h3-5,7,10,14-15H,6H2,1-2H3. The maximum atomic E-state index is 12.2. The first-order valence-electron chi connectivity index (χ1n) is 5.36. The monoisotopic (exact) mass is 311 g/mol. The zero-order chi connectivity index (χ0) is 13.9. The molecule has 1 unspecified atom stereocenters. The fraction of sp³-hybridized carbons (Fsp3) is 0.455. The smallest absolute Gasteiger partial charge is 0.243 e. The summed E-state index contributed by atoms with van der Waals surface area (Å²) in [6.07, 6.45) is 0. The number of hydrogen-bond acceptors (Lipinski definition) is 3. The van der Waals surface area contributed by atoms with Gasteiger partial charge in [-0.1, -0.05) is 43.1 Å². The topological polar surface area (TPSA) is 66.4 Å². The molecule has 0 saturated carbocycles. The van der Waals surface area contributed by atoms with Crippen molar-refractivity contribution < 1.29 is 13.5 Å². The van der Waals surface area contributed by atoms with Gasteiger partial charge in [-0.25, -0.2) is 13.1 Å². The van der Waals surface area contributed by atoms with E-state index in [2.05, 4.69) is 4.72 Å². The van der Waals surface area contributed by atoms with Crippen molar-refractivity contribution in [3.05, 3.63) is 28.2 Å². The van der Waals surface area contributed by atoms with Crippen molar-refractivity contribution in [3.8, 4) is 0 Å². The summed E-state index contributed by atoms with van der Waals surface area (Å²) in [6, 6.07) is 3.88. The highest BCUT2D eigenvalue weighted by Gasteiger charge is 2.26. The van der Waals surface area contributed by atoms with Gasteiger partial charge in [0.2, 0.25) is 10.0 Å². The number of rotatable bonds is 5. The molecule has 0 fully saturated rings. The van der Waals surface area contributed by atoms with Crippen molar-refractivity contribution in [3.63, 3.8) is 0 Å². The summed E-state index contributed by atoms with van der Waals surface area (Å²) in [5, 5.41) is 9.26. The van der Waals surface area contributed by atoms with Gasteiger partial charge >= 0.3 is 0 Å². The lowest BCUT2D eigenvalue weighted by Gasteiger charge is -2.20. The number of halogens is 2. The molecule has 7 heteroatoms. The summed E-state index contributed by atoms with van der Waals surface area (Å²) in [7, 11) is -3.85. The van der Waals surface area contributed by atoms with E-state index >= 15 is 0 Å². The van der Waals surface area contributed by atoms with Crippen LogP contribution in [0, 0.1) is 5.92 Å². The van der Waals surface area contributed by atoms with Crippen LogP contribution in [0.15, 0.2) is 23.1 Å². The Morgan fingerprint density at radius 3 is 2.17 bits per heavy atom. The molecule has 0 amide bonds. The Morgan fingerprint density at radius 1 is 1.28 bits per heavy atom. The summed E-state index contributed by atoms with van der Waals surface area (Å²) < 4.78 is 26.7. The fourth-order valence-electron chi connectivity index (χ4n) is 1.38. The van der Waals surface area contributed by atoms with E-state index in [-0.39, 0.29) is 27.5 Å². The highest BCUT2D eigenvalue weighted by molar-refractivity contribution is 7.89. The van der Waals surface area contributed by atoms with Crippen molar-refractivity contribution in [2.24, 2.45) is 5.92 Å². The van der Waals surface area contributed by atoms with Crippen LogP contribution < -0.4 is 4.72 Å². The first-order valence-corrected chi connectivity index (χ1v) is 7.60. The molecule has 2 N–H and O–H groups in total. The second kappa shape index (κ2) is 6.21. The summed E-state index contributed by atoms with van der Waals surface area (Å²) in [5.41, 5.74) is 0. The van der Waals surface area contributed by atoms with Crippen LogP contribution in [0.25, 0.3) is 0 Å². The zero-order valence-corrected chi connectivity index (χ0v) is 12.4. The van der Waals surface area contributed by atoms with Crippen LogP contribution in [0.1, 0.15) is 13.8 Å². The average molecular weight is 312 g/mol. The minimum absolute atomic E-state index is 0.0500. The van der Waals surface area contributed by atoms with Crippen molar-refractivity contribution in [1.82, 2.24) is 4.72 Å². The number of aliphatic hydroxyl groups excluding tert-OH is 1. The van der Waals surface area contributed by atoms with Crippen LogP contribution in [-0.4, -0.2) is 26.2 Å². The van der Waals surface area contributed by atoms with E-state index in [0.29, 0.717) is 0 Å². The van der Waals surface area contributed by atoms with Gasteiger partial charge in [0.1, 0.15) is 4.90 Å². The van der Waals surface area contributed by atoms with E-state index in [1.165, 1.54) is 12.1 Å². The Balaban J connectivity index is 3.15. The molecule has 0 radical (unpaired) electrons. The molecule has 0 spiro atoms. The molecule has 0 aliphatic carbocycles. The summed E-state index contributed by atoms with van der Waals surface area (Å²) in [4.78, 5) is -0.160. The number of aliphatic hydroxyl groups is 1. The Hall–Kier alpha value is -0.330. The van der Waals surface area contributed by atoms with E-state index in [1.807, 2.05) is 0 Å². The molecule has 1 aromatic rings. The van der Waals surface area contributed by atoms with Gasteiger partial charge in [0.15, 0.2) is 0 Å². The lowest BCUT2D eigenvalue weighted by atomic mass is 10.1. The number of nitrogens with one attached hydrogen (secondary N) is 1. The lowest BCUT2D eigenvalue weighted by molar-refractivity contribution is 0.227. The van der Waals surface area contributed by atoms with Crippen LogP contribution in [0.5, 0.6) is 0 Å². The molecule has 0 bridgehead atoms. The van der Waals surface area contributed by atoms with Gasteiger partial charge in [-0.15, -0.1) is 0 Å². The molecule has 0 heterocycles. The van der Waals surface area contributed by atoms with Gasteiger partial charge in [-0.05, 0) is 18.1 Å². The number of sulfonamides is 1. The minimum atomic E-state index is -3.85. The molecular formula is C11H15Cl2NO3S. The van der Waals surface area contributed by atoms with Crippen molar-refractivity contribution in [2.75, 3.05) is 6.61 Å². The Morgan fingerprint density at radius 2 is 1.78 bits per heavy atom. The van der Waals surface area contributed by atoms with Gasteiger partial charge in [0.25, 0.3) is 0 Å². The molecule has 0 aliphatic heterocycles. The van der Waals surface area contributed by atoms with Crippen LogP contribution in [0.3, 0.4) is 0 Å². The molecule has 1 rings (SSSR count). The molecule has 1 atom stereocenters. The van der Waals surface area contributed by atoms with Gasteiger partial charge in [0, 0.05) is 6.04 Å². The van der Waals surface area contributed by atoms with Crippen molar-refractivity contribution in [2.45, 2.75) is 24.8 Å². The van der Waals surface area contributed by atoms with E-state index in [9.17, 15) is 8.42 Å². The second-order valence-electron chi connectivity index (χ2n) is 4.21. The molecular weight excluding hydrogens is 297 g/mol. The Kier molecular flexibility index (Phi) is 5.43. The molecule has 102 valence electrons. The number of hydrogen-bond donors (Lipinski definition) is 2.